The van der Waals surface area contributed by atoms with E-state index in [0.29, 0.717) is 12.8 Å². The number of hydrogen-bond acceptors (Lipinski definition) is 9. The number of carboxylic acids is 1. The van der Waals surface area contributed by atoms with Gasteiger partial charge in [0, 0.05) is 12.8 Å². The van der Waals surface area contributed by atoms with Gasteiger partial charge in [-0.05, 0) is 38.5 Å². The maximum absolute atomic E-state index is 12.7. The zero-order chi connectivity index (χ0) is 42.8. The molecule has 0 aliphatic heterocycles. The number of allylic oxidation sites excluding steroid dienone is 2. The summed E-state index contributed by atoms with van der Waals surface area (Å²) >= 11 is 0. The fourth-order valence-electron chi connectivity index (χ4n) is 6.77. The van der Waals surface area contributed by atoms with Crippen molar-refractivity contribution in [2.75, 3.05) is 19.8 Å². The van der Waals surface area contributed by atoms with Gasteiger partial charge in [0.25, 0.3) is 0 Å². The summed E-state index contributed by atoms with van der Waals surface area (Å²) < 4.78 is 32.8. The van der Waals surface area contributed by atoms with Crippen LogP contribution in [0.2, 0.25) is 0 Å². The van der Waals surface area contributed by atoms with Gasteiger partial charge < -0.3 is 25.2 Å². The summed E-state index contributed by atoms with van der Waals surface area (Å²) in [7, 11) is -4.71. The lowest BCUT2D eigenvalue weighted by Gasteiger charge is -2.20. The molecule has 0 saturated heterocycles. The molecule has 3 atom stereocenters. The third kappa shape index (κ3) is 41.0. The molecule has 0 aromatic heterocycles. The van der Waals surface area contributed by atoms with Crippen LogP contribution in [0.3, 0.4) is 0 Å². The Labute approximate surface area is 354 Å². The normalized spacial score (nSPS) is 13.7. The molecule has 12 heteroatoms. The average molecular weight is 846 g/mol. The number of ether oxygens (including phenoxy) is 2. The van der Waals surface area contributed by atoms with Gasteiger partial charge in [-0.15, -0.1) is 0 Å². The van der Waals surface area contributed by atoms with E-state index in [1.807, 2.05) is 0 Å². The number of unbranched alkanes of at least 4 members (excludes halogenated alkanes) is 29. The van der Waals surface area contributed by atoms with E-state index < -0.39 is 51.1 Å². The minimum atomic E-state index is -4.71. The van der Waals surface area contributed by atoms with Crippen LogP contribution in [-0.2, 0) is 37.5 Å². The Morgan fingerprint density at radius 3 is 1.28 bits per heavy atom. The van der Waals surface area contributed by atoms with Crippen molar-refractivity contribution < 1.29 is 47.5 Å². The summed E-state index contributed by atoms with van der Waals surface area (Å²) in [6.07, 6.45) is 42.7. The van der Waals surface area contributed by atoms with E-state index in [1.165, 1.54) is 154 Å². The Kier molecular flexibility index (Phi) is 40.6. The van der Waals surface area contributed by atoms with Crippen LogP contribution in [0, 0.1) is 0 Å². The van der Waals surface area contributed by atoms with E-state index in [9.17, 15) is 23.8 Å². The summed E-state index contributed by atoms with van der Waals surface area (Å²) in [6.45, 7) is 2.83. The van der Waals surface area contributed by atoms with E-state index in [2.05, 4.69) is 30.5 Å². The Balaban J connectivity index is 4.27. The van der Waals surface area contributed by atoms with E-state index in [-0.39, 0.29) is 19.4 Å². The fourth-order valence-corrected chi connectivity index (χ4v) is 7.55. The van der Waals surface area contributed by atoms with Gasteiger partial charge in [-0.2, -0.15) is 0 Å². The fraction of sp³-hybridized carbons (Fsp3) is 0.891. The minimum Gasteiger partial charge on any atom is -0.480 e. The Morgan fingerprint density at radius 2 is 0.862 bits per heavy atom. The van der Waals surface area contributed by atoms with Crippen LogP contribution >= 0.6 is 7.82 Å². The van der Waals surface area contributed by atoms with Crippen molar-refractivity contribution in [1.82, 2.24) is 0 Å². The second kappa shape index (κ2) is 41.9. The largest absolute Gasteiger partial charge is 0.480 e. The quantitative estimate of drug-likeness (QED) is 0.0230. The molecule has 0 aliphatic rings. The number of rotatable bonds is 45. The first kappa shape index (κ1) is 56.2. The number of phosphoric ester groups is 1. The summed E-state index contributed by atoms with van der Waals surface area (Å²) in [5.41, 5.74) is 5.34. The van der Waals surface area contributed by atoms with Gasteiger partial charge >= 0.3 is 25.7 Å². The van der Waals surface area contributed by atoms with Crippen molar-refractivity contribution in [3.05, 3.63) is 12.2 Å². The molecule has 0 bridgehead atoms. The molecule has 0 aliphatic carbocycles. The van der Waals surface area contributed by atoms with Crippen LogP contribution in [0.15, 0.2) is 12.2 Å². The lowest BCUT2D eigenvalue weighted by atomic mass is 10.0. The van der Waals surface area contributed by atoms with Crippen molar-refractivity contribution in [1.29, 1.82) is 0 Å². The monoisotopic (exact) mass is 846 g/mol. The van der Waals surface area contributed by atoms with Crippen LogP contribution in [-0.4, -0.2) is 59.9 Å². The maximum Gasteiger partial charge on any atom is 0.472 e. The number of carboxylic acid groups (broad SMARTS) is 1. The van der Waals surface area contributed by atoms with Gasteiger partial charge in [-0.3, -0.25) is 23.4 Å². The molecular formula is C46H88NO10P. The summed E-state index contributed by atoms with van der Waals surface area (Å²) in [5.74, 6) is -2.36. The maximum atomic E-state index is 12.7. The highest BCUT2D eigenvalue weighted by molar-refractivity contribution is 7.47. The van der Waals surface area contributed by atoms with Gasteiger partial charge in [0.05, 0.1) is 13.2 Å². The molecule has 0 fully saturated rings. The van der Waals surface area contributed by atoms with Crippen molar-refractivity contribution in [2.45, 2.75) is 244 Å². The number of aliphatic carboxylic acids is 1. The lowest BCUT2D eigenvalue weighted by Crippen LogP contribution is -2.34. The third-order valence-electron chi connectivity index (χ3n) is 10.5. The molecule has 58 heavy (non-hydrogen) atoms. The highest BCUT2D eigenvalue weighted by atomic mass is 31.2. The molecule has 0 aromatic rings. The first-order valence-corrected chi connectivity index (χ1v) is 25.2. The molecule has 0 aromatic carbocycles. The summed E-state index contributed by atoms with van der Waals surface area (Å²) in [6, 6.07) is -1.52. The number of nitrogens with two attached hydrogens (primary N) is 1. The van der Waals surface area contributed by atoms with Crippen molar-refractivity contribution in [2.24, 2.45) is 5.73 Å². The summed E-state index contributed by atoms with van der Waals surface area (Å²) in [5, 5.41) is 8.90. The Hall–Kier alpha value is -1.78. The second-order valence-electron chi connectivity index (χ2n) is 16.2. The van der Waals surface area contributed by atoms with Crippen LogP contribution < -0.4 is 5.73 Å². The lowest BCUT2D eigenvalue weighted by molar-refractivity contribution is -0.161. The molecule has 0 radical (unpaired) electrons. The molecule has 0 rings (SSSR count). The minimum absolute atomic E-state index is 0.167. The molecular weight excluding hydrogens is 757 g/mol. The number of esters is 2. The smallest absolute Gasteiger partial charge is 0.472 e. The van der Waals surface area contributed by atoms with Gasteiger partial charge in [-0.25, -0.2) is 4.57 Å². The zero-order valence-electron chi connectivity index (χ0n) is 37.2. The van der Waals surface area contributed by atoms with Crippen LogP contribution in [0.4, 0.5) is 0 Å². The Morgan fingerprint density at radius 1 is 0.517 bits per heavy atom. The zero-order valence-corrected chi connectivity index (χ0v) is 38.1. The molecule has 11 nitrogen and oxygen atoms in total. The van der Waals surface area contributed by atoms with Gasteiger partial charge in [0.2, 0.25) is 0 Å². The third-order valence-corrected chi connectivity index (χ3v) is 11.5. The number of carbonyl (C=O) groups excluding carboxylic acids is 2. The predicted molar refractivity (Wildman–Crippen MR) is 236 cm³/mol. The average Bonchev–Trinajstić information content (AvgIpc) is 3.20. The number of phosphoric acid groups is 1. The molecule has 0 amide bonds. The van der Waals surface area contributed by atoms with Crippen LogP contribution in [0.1, 0.15) is 232 Å². The van der Waals surface area contributed by atoms with Gasteiger partial charge in [0.15, 0.2) is 6.10 Å². The first-order chi connectivity index (χ1) is 28.1. The highest BCUT2D eigenvalue weighted by Crippen LogP contribution is 2.43. The van der Waals surface area contributed by atoms with Gasteiger partial charge in [0.1, 0.15) is 12.6 Å². The number of carbonyl (C=O) groups is 3. The molecule has 1 unspecified atom stereocenters. The second-order valence-corrected chi connectivity index (χ2v) is 17.7. The molecule has 342 valence electrons. The van der Waals surface area contributed by atoms with Crippen LogP contribution in [0.5, 0.6) is 0 Å². The first-order valence-electron chi connectivity index (χ1n) is 23.7. The predicted octanol–water partition coefficient (Wildman–Crippen LogP) is 12.8. The topological polar surface area (TPSA) is 172 Å². The summed E-state index contributed by atoms with van der Waals surface area (Å²) in [4.78, 5) is 46.1. The van der Waals surface area contributed by atoms with E-state index >= 15 is 0 Å². The van der Waals surface area contributed by atoms with E-state index in [0.717, 1.165) is 38.5 Å². The van der Waals surface area contributed by atoms with Gasteiger partial charge in [-0.1, -0.05) is 193 Å². The molecule has 0 saturated carbocycles. The number of hydrogen-bond donors (Lipinski definition) is 3. The Bertz CT molecular complexity index is 1040. The van der Waals surface area contributed by atoms with Crippen molar-refractivity contribution in [3.8, 4) is 0 Å². The molecule has 4 N–H and O–H groups in total. The van der Waals surface area contributed by atoms with Crippen LogP contribution in [0.25, 0.3) is 0 Å². The van der Waals surface area contributed by atoms with Crippen molar-refractivity contribution >= 4 is 25.7 Å². The standard InChI is InChI=1S/C46H88NO10P/c1-3-5-7-9-11-13-15-17-19-21-23-25-27-29-31-33-35-37-44(48)54-39-42(40-55-58(52,53)56-41-43(47)46(50)51)57-45(49)38-36-34-32-30-28-26-24-22-20-18-16-14-12-10-8-6-4-2/h13,15,42-43H,3-12,14,16-41,47H2,1-2H3,(H,50,51)(H,52,53)/b15-13+/t42-,43+/m1/s1. The molecule has 0 heterocycles. The van der Waals surface area contributed by atoms with E-state index in [1.54, 1.807) is 0 Å². The van der Waals surface area contributed by atoms with Crippen molar-refractivity contribution in [3.63, 3.8) is 0 Å². The SMILES string of the molecule is CCCCCC/C=C/CCCCCCCCCCCC(=O)OC[C@H](COP(=O)(O)OC[C@H](N)C(=O)O)OC(=O)CCCCCCCCCCCCCCCCCCC. The molecule has 0 spiro atoms. The highest BCUT2D eigenvalue weighted by Gasteiger charge is 2.28. The van der Waals surface area contributed by atoms with E-state index in [4.69, 9.17) is 24.8 Å².